The third kappa shape index (κ3) is 3.50. The number of amides is 2. The van der Waals surface area contributed by atoms with Crippen LogP contribution in [0.25, 0.3) is 0 Å². The molecule has 0 aromatic heterocycles. The third-order valence-electron chi connectivity index (χ3n) is 3.74. The number of nitrogens with one attached hydrogen (secondary N) is 1. The highest BCUT2D eigenvalue weighted by atomic mass is 16.4. The van der Waals surface area contributed by atoms with Crippen molar-refractivity contribution >= 4 is 11.7 Å². The van der Waals surface area contributed by atoms with Crippen LogP contribution in [0.4, 0.5) is 4.79 Å². The summed E-state index contributed by atoms with van der Waals surface area (Å²) in [5, 5.41) is 15.2. The Kier molecular flexibility index (Phi) is 4.98. The molecule has 1 aromatic carbocycles. The summed E-state index contributed by atoms with van der Waals surface area (Å²) in [7, 11) is 0. The zero-order valence-electron chi connectivity index (χ0n) is 11.7. The van der Waals surface area contributed by atoms with Gasteiger partial charge in [-0.1, -0.05) is 42.4 Å². The van der Waals surface area contributed by atoms with Gasteiger partial charge in [-0.15, -0.1) is 0 Å². The first-order chi connectivity index (χ1) is 9.74. The van der Waals surface area contributed by atoms with E-state index in [0.717, 1.165) is 17.7 Å². The Labute approximate surface area is 119 Å². The summed E-state index contributed by atoms with van der Waals surface area (Å²) < 4.78 is 0. The average molecular weight is 275 g/mol. The average Bonchev–Trinajstić information content (AvgIpc) is 2.52. The van der Waals surface area contributed by atoms with Crippen molar-refractivity contribution < 1.29 is 10.0 Å². The molecular weight excluding hydrogens is 254 g/mol. The van der Waals surface area contributed by atoms with E-state index in [2.05, 4.69) is 10.5 Å². The normalized spacial score (nSPS) is 20.9. The van der Waals surface area contributed by atoms with E-state index in [0.29, 0.717) is 26.1 Å². The number of carbonyl (C=O) groups excluding carboxylic acids is 1. The van der Waals surface area contributed by atoms with E-state index in [1.807, 2.05) is 37.3 Å². The minimum absolute atomic E-state index is 0.0516. The minimum atomic E-state index is -0.0516. The quantitative estimate of drug-likeness (QED) is 0.657. The molecule has 5 nitrogen and oxygen atoms in total. The minimum Gasteiger partial charge on any atom is -0.411 e. The molecule has 0 spiro atoms. The van der Waals surface area contributed by atoms with E-state index in [9.17, 15) is 4.79 Å². The fraction of sp³-hybridized carbons (Fsp3) is 0.467. The molecular formula is C15H21N3O2. The summed E-state index contributed by atoms with van der Waals surface area (Å²) in [4.78, 5) is 13.9. The predicted molar refractivity (Wildman–Crippen MR) is 77.9 cm³/mol. The van der Waals surface area contributed by atoms with E-state index in [1.54, 1.807) is 4.90 Å². The van der Waals surface area contributed by atoms with Crippen molar-refractivity contribution in [3.8, 4) is 0 Å². The van der Waals surface area contributed by atoms with Crippen LogP contribution >= 0.6 is 0 Å². The zero-order valence-corrected chi connectivity index (χ0v) is 11.7. The van der Waals surface area contributed by atoms with Crippen molar-refractivity contribution in [3.05, 3.63) is 35.9 Å². The molecule has 2 amide bonds. The maximum absolute atomic E-state index is 12.1. The van der Waals surface area contributed by atoms with Gasteiger partial charge in [0.25, 0.3) is 0 Å². The number of carbonyl (C=O) groups is 1. The van der Waals surface area contributed by atoms with Crippen LogP contribution in [0.1, 0.15) is 25.3 Å². The van der Waals surface area contributed by atoms with Gasteiger partial charge in [0, 0.05) is 32.0 Å². The molecule has 0 radical (unpaired) electrons. The highest BCUT2D eigenvalue weighted by Crippen LogP contribution is 2.17. The van der Waals surface area contributed by atoms with Gasteiger partial charge in [-0.05, 0) is 12.0 Å². The fourth-order valence-electron chi connectivity index (χ4n) is 2.48. The van der Waals surface area contributed by atoms with Crippen LogP contribution in [0.2, 0.25) is 0 Å². The lowest BCUT2D eigenvalue weighted by atomic mass is 9.93. The van der Waals surface area contributed by atoms with Gasteiger partial charge in [0.1, 0.15) is 0 Å². The second-order valence-electron chi connectivity index (χ2n) is 5.04. The van der Waals surface area contributed by atoms with E-state index < -0.39 is 0 Å². The van der Waals surface area contributed by atoms with Gasteiger partial charge in [-0.3, -0.25) is 0 Å². The lowest BCUT2D eigenvalue weighted by Gasteiger charge is -2.32. The van der Waals surface area contributed by atoms with Gasteiger partial charge >= 0.3 is 6.03 Å². The lowest BCUT2D eigenvalue weighted by Crippen LogP contribution is -2.48. The second-order valence-corrected chi connectivity index (χ2v) is 5.04. The van der Waals surface area contributed by atoms with Crippen LogP contribution in [0.5, 0.6) is 0 Å². The van der Waals surface area contributed by atoms with E-state index in [-0.39, 0.29) is 11.9 Å². The number of rotatable bonds is 3. The number of oxime groups is 1. The van der Waals surface area contributed by atoms with Crippen LogP contribution in [-0.4, -0.2) is 34.9 Å². The Balaban J connectivity index is 1.87. The molecule has 1 aliphatic rings. The molecule has 1 aliphatic heterocycles. The number of likely N-dealkylation sites (tertiary alicyclic amines) is 1. The summed E-state index contributed by atoms with van der Waals surface area (Å²) in [6.07, 6.45) is 1.52. The molecule has 1 aromatic rings. The number of benzene rings is 1. The Morgan fingerprint density at radius 3 is 2.85 bits per heavy atom. The molecule has 1 unspecified atom stereocenters. The van der Waals surface area contributed by atoms with Crippen LogP contribution in [-0.2, 0) is 6.54 Å². The van der Waals surface area contributed by atoms with Crippen molar-refractivity contribution in [2.75, 3.05) is 13.1 Å². The van der Waals surface area contributed by atoms with Crippen LogP contribution in [0.15, 0.2) is 35.5 Å². The zero-order chi connectivity index (χ0) is 14.4. The molecule has 0 aliphatic carbocycles. The van der Waals surface area contributed by atoms with Gasteiger partial charge in [0.15, 0.2) is 0 Å². The maximum Gasteiger partial charge on any atom is 0.317 e. The van der Waals surface area contributed by atoms with Crippen molar-refractivity contribution in [2.24, 2.45) is 11.1 Å². The molecule has 1 atom stereocenters. The standard InChI is InChI=1S/C15H21N3O2/c1-2-13-11-18(9-8-14(13)17-20)15(19)16-10-12-6-4-3-5-7-12/h3-7,13,20H,2,8-11H2,1H3,(H,16,19)/b17-14+. The number of piperidine rings is 1. The van der Waals surface area contributed by atoms with Crippen molar-refractivity contribution in [1.29, 1.82) is 0 Å². The van der Waals surface area contributed by atoms with Crippen molar-refractivity contribution in [1.82, 2.24) is 10.2 Å². The first kappa shape index (κ1) is 14.4. The van der Waals surface area contributed by atoms with Gasteiger partial charge in [-0.2, -0.15) is 0 Å². The Morgan fingerprint density at radius 1 is 1.45 bits per heavy atom. The second kappa shape index (κ2) is 6.93. The highest BCUT2D eigenvalue weighted by molar-refractivity contribution is 5.89. The molecule has 0 saturated carbocycles. The summed E-state index contributed by atoms with van der Waals surface area (Å²) in [5.74, 6) is 0.163. The van der Waals surface area contributed by atoms with E-state index in [4.69, 9.17) is 5.21 Å². The first-order valence-corrected chi connectivity index (χ1v) is 7.02. The Hall–Kier alpha value is -2.04. The summed E-state index contributed by atoms with van der Waals surface area (Å²) in [5.41, 5.74) is 1.89. The van der Waals surface area contributed by atoms with Crippen LogP contribution in [0, 0.1) is 5.92 Å². The third-order valence-corrected chi connectivity index (χ3v) is 3.74. The number of urea groups is 1. The predicted octanol–water partition coefficient (Wildman–Crippen LogP) is 2.46. The molecule has 2 rings (SSSR count). The fourth-order valence-corrected chi connectivity index (χ4v) is 2.48. The number of hydrogen-bond acceptors (Lipinski definition) is 3. The Bertz CT molecular complexity index is 473. The molecule has 0 bridgehead atoms. The smallest absolute Gasteiger partial charge is 0.317 e. The number of hydrogen-bond donors (Lipinski definition) is 2. The molecule has 2 N–H and O–H groups in total. The molecule has 1 saturated heterocycles. The SMILES string of the molecule is CCC1CN(C(=O)NCc2ccccc2)CC/C1=N\O. The van der Waals surface area contributed by atoms with Crippen molar-refractivity contribution in [3.63, 3.8) is 0 Å². The molecule has 5 heteroatoms. The van der Waals surface area contributed by atoms with Crippen LogP contribution < -0.4 is 5.32 Å². The monoisotopic (exact) mass is 275 g/mol. The van der Waals surface area contributed by atoms with Gasteiger partial charge < -0.3 is 15.4 Å². The first-order valence-electron chi connectivity index (χ1n) is 7.02. The highest BCUT2D eigenvalue weighted by Gasteiger charge is 2.27. The molecule has 1 heterocycles. The summed E-state index contributed by atoms with van der Waals surface area (Å²) in [6.45, 7) is 3.81. The topological polar surface area (TPSA) is 64.9 Å². The lowest BCUT2D eigenvalue weighted by molar-refractivity contribution is 0.186. The van der Waals surface area contributed by atoms with Gasteiger partial charge in [0.05, 0.1) is 5.71 Å². The van der Waals surface area contributed by atoms with Gasteiger partial charge in [0.2, 0.25) is 0 Å². The Morgan fingerprint density at radius 2 is 2.20 bits per heavy atom. The maximum atomic E-state index is 12.1. The summed E-state index contributed by atoms with van der Waals surface area (Å²) >= 11 is 0. The van der Waals surface area contributed by atoms with E-state index >= 15 is 0 Å². The number of nitrogens with zero attached hydrogens (tertiary/aromatic N) is 2. The molecule has 108 valence electrons. The van der Waals surface area contributed by atoms with Crippen molar-refractivity contribution in [2.45, 2.75) is 26.3 Å². The van der Waals surface area contributed by atoms with Gasteiger partial charge in [-0.25, -0.2) is 4.79 Å². The van der Waals surface area contributed by atoms with Crippen LogP contribution in [0.3, 0.4) is 0 Å². The summed E-state index contributed by atoms with van der Waals surface area (Å²) in [6, 6.07) is 9.80. The largest absolute Gasteiger partial charge is 0.411 e. The molecule has 1 fully saturated rings. The van der Waals surface area contributed by atoms with E-state index in [1.165, 1.54) is 0 Å². The molecule has 20 heavy (non-hydrogen) atoms.